The third-order valence-electron chi connectivity index (χ3n) is 9.06. The van der Waals surface area contributed by atoms with Crippen molar-refractivity contribution in [2.45, 2.75) is 31.7 Å². The van der Waals surface area contributed by atoms with Crippen molar-refractivity contribution in [1.82, 2.24) is 20.1 Å². The fourth-order valence-corrected chi connectivity index (χ4v) is 7.06. The summed E-state index contributed by atoms with van der Waals surface area (Å²) in [6, 6.07) is 22.2. The van der Waals surface area contributed by atoms with Crippen LogP contribution in [0.5, 0.6) is 0 Å². The molecular formula is C36H40ClN5O3. The molecule has 2 N–H and O–H groups in total. The van der Waals surface area contributed by atoms with Crippen molar-refractivity contribution in [1.29, 1.82) is 0 Å². The summed E-state index contributed by atoms with van der Waals surface area (Å²) in [5.74, 6) is -0.337. The van der Waals surface area contributed by atoms with E-state index >= 15 is 0 Å². The zero-order valence-electron chi connectivity index (χ0n) is 25.8. The Kier molecular flexibility index (Phi) is 9.24. The predicted octanol–water partition coefficient (Wildman–Crippen LogP) is 5.17. The first-order valence-electron chi connectivity index (χ1n) is 15.7. The van der Waals surface area contributed by atoms with Gasteiger partial charge < -0.3 is 25.0 Å². The average molecular weight is 626 g/mol. The first-order chi connectivity index (χ1) is 21.8. The number of rotatable bonds is 8. The molecule has 1 aromatic heterocycles. The second kappa shape index (κ2) is 13.5. The Balaban J connectivity index is 1.23. The van der Waals surface area contributed by atoms with E-state index in [0.717, 1.165) is 40.7 Å². The molecule has 9 heteroatoms. The molecule has 3 heterocycles. The lowest BCUT2D eigenvalue weighted by molar-refractivity contribution is -0.131. The van der Waals surface area contributed by atoms with Gasteiger partial charge in [-0.2, -0.15) is 0 Å². The Morgan fingerprint density at radius 3 is 2.49 bits per heavy atom. The van der Waals surface area contributed by atoms with Crippen LogP contribution >= 0.6 is 11.6 Å². The van der Waals surface area contributed by atoms with Gasteiger partial charge in [-0.25, -0.2) is 0 Å². The van der Waals surface area contributed by atoms with Crippen LogP contribution in [0.25, 0.3) is 10.9 Å². The minimum Gasteiger partial charge on any atom is -0.361 e. The number of aromatic amines is 1. The Labute approximate surface area is 269 Å². The molecule has 234 valence electrons. The molecule has 8 nitrogen and oxygen atoms in total. The van der Waals surface area contributed by atoms with Gasteiger partial charge in [-0.1, -0.05) is 48.0 Å². The summed E-state index contributed by atoms with van der Waals surface area (Å²) in [7, 11) is 4.08. The second-order valence-electron chi connectivity index (χ2n) is 12.6. The van der Waals surface area contributed by atoms with E-state index in [4.69, 9.17) is 11.6 Å². The molecule has 1 fully saturated rings. The third-order valence-corrected chi connectivity index (χ3v) is 9.29. The molecule has 6 rings (SSSR count). The lowest BCUT2D eigenvalue weighted by Gasteiger charge is -2.38. The number of carbonyl (C=O) groups is 3. The lowest BCUT2D eigenvalue weighted by Crippen LogP contribution is -2.54. The van der Waals surface area contributed by atoms with E-state index in [0.29, 0.717) is 49.5 Å². The molecule has 2 aliphatic heterocycles. The lowest BCUT2D eigenvalue weighted by atomic mass is 9.90. The number of anilines is 1. The monoisotopic (exact) mass is 625 g/mol. The zero-order valence-corrected chi connectivity index (χ0v) is 26.6. The minimum atomic E-state index is -0.762. The SMILES string of the molecule is CN(C)C[C@H]1Cc2cc(Cl)ccc2N(C(=O)[C@@H](Cc2c[nH]c3ccccc23)NC(=O)C2CCN(C(=O)c3ccccc3)CC2)C1. The number of fused-ring (bicyclic) bond motifs is 2. The predicted molar refractivity (Wildman–Crippen MR) is 179 cm³/mol. The van der Waals surface area contributed by atoms with Gasteiger partial charge in [0.15, 0.2) is 0 Å². The first-order valence-corrected chi connectivity index (χ1v) is 16.1. The van der Waals surface area contributed by atoms with Gasteiger partial charge in [0.1, 0.15) is 6.04 Å². The molecule has 45 heavy (non-hydrogen) atoms. The van der Waals surface area contributed by atoms with Crippen molar-refractivity contribution in [2.75, 3.05) is 45.2 Å². The van der Waals surface area contributed by atoms with Gasteiger partial charge in [-0.3, -0.25) is 14.4 Å². The van der Waals surface area contributed by atoms with E-state index in [2.05, 4.69) is 15.2 Å². The summed E-state index contributed by atoms with van der Waals surface area (Å²) < 4.78 is 0. The highest BCUT2D eigenvalue weighted by molar-refractivity contribution is 6.30. The van der Waals surface area contributed by atoms with E-state index in [-0.39, 0.29) is 29.6 Å². The number of amides is 3. The number of halogens is 1. The molecule has 4 aromatic rings. The summed E-state index contributed by atoms with van der Waals surface area (Å²) >= 11 is 6.39. The van der Waals surface area contributed by atoms with Gasteiger partial charge in [0.25, 0.3) is 5.91 Å². The van der Waals surface area contributed by atoms with Crippen LogP contribution in [0.15, 0.2) is 79.0 Å². The Morgan fingerprint density at radius 1 is 1.00 bits per heavy atom. The van der Waals surface area contributed by atoms with Crippen LogP contribution in [0, 0.1) is 11.8 Å². The van der Waals surface area contributed by atoms with Crippen LogP contribution in [-0.2, 0) is 22.4 Å². The molecule has 1 saturated heterocycles. The topological polar surface area (TPSA) is 88.8 Å². The summed E-state index contributed by atoms with van der Waals surface area (Å²) in [5.41, 5.74) is 4.52. The highest BCUT2D eigenvalue weighted by Gasteiger charge is 2.36. The van der Waals surface area contributed by atoms with Gasteiger partial charge in [0, 0.05) is 71.9 Å². The zero-order chi connectivity index (χ0) is 31.5. The average Bonchev–Trinajstić information content (AvgIpc) is 3.46. The molecular weight excluding hydrogens is 586 g/mol. The first kappa shape index (κ1) is 30.9. The molecule has 2 atom stereocenters. The Hall–Kier alpha value is -4.14. The quantitative estimate of drug-likeness (QED) is 0.283. The molecule has 0 radical (unpaired) electrons. The van der Waals surface area contributed by atoms with E-state index in [9.17, 15) is 14.4 Å². The van der Waals surface area contributed by atoms with Crippen molar-refractivity contribution in [3.8, 4) is 0 Å². The summed E-state index contributed by atoms with van der Waals surface area (Å²) in [5, 5.41) is 4.86. The van der Waals surface area contributed by atoms with Crippen LogP contribution in [0.4, 0.5) is 5.69 Å². The fourth-order valence-electron chi connectivity index (χ4n) is 6.87. The molecule has 0 bridgehead atoms. The van der Waals surface area contributed by atoms with Crippen molar-refractivity contribution in [2.24, 2.45) is 11.8 Å². The standard InChI is InChI=1S/C36H40ClN5O3/c1-40(2)22-24-18-27-19-29(37)12-13-33(27)42(23-24)36(45)32(20-28-21-38-31-11-7-6-10-30(28)31)39-34(43)25-14-16-41(17-15-25)35(44)26-8-4-3-5-9-26/h3-13,19,21,24-25,32,38H,14-18,20,22-23H2,1-2H3,(H,39,43)/t24-,32-/m1/s1. The smallest absolute Gasteiger partial charge is 0.253 e. The number of nitrogens with one attached hydrogen (secondary N) is 2. The summed E-state index contributed by atoms with van der Waals surface area (Å²) in [4.78, 5) is 50.5. The molecule has 3 amide bonds. The molecule has 3 aromatic carbocycles. The number of hydrogen-bond donors (Lipinski definition) is 2. The third kappa shape index (κ3) is 6.92. The number of hydrogen-bond acceptors (Lipinski definition) is 4. The minimum absolute atomic E-state index is 0.0157. The van der Waals surface area contributed by atoms with Crippen LogP contribution < -0.4 is 10.2 Å². The van der Waals surface area contributed by atoms with Gasteiger partial charge in [0.2, 0.25) is 11.8 Å². The molecule has 0 aliphatic carbocycles. The maximum atomic E-state index is 14.6. The van der Waals surface area contributed by atoms with Gasteiger partial charge >= 0.3 is 0 Å². The number of H-pyrrole nitrogens is 1. The maximum Gasteiger partial charge on any atom is 0.253 e. The number of likely N-dealkylation sites (tertiary alicyclic amines) is 1. The summed E-state index contributed by atoms with van der Waals surface area (Å²) in [6.07, 6.45) is 4.22. The van der Waals surface area contributed by atoms with Gasteiger partial charge in [0.05, 0.1) is 0 Å². The largest absolute Gasteiger partial charge is 0.361 e. The van der Waals surface area contributed by atoms with Crippen LogP contribution in [0.3, 0.4) is 0 Å². The highest BCUT2D eigenvalue weighted by Crippen LogP contribution is 2.33. The fraction of sp³-hybridized carbons (Fsp3) is 0.361. The number of nitrogens with zero attached hydrogens (tertiary/aromatic N) is 3. The van der Waals surface area contributed by atoms with Crippen LogP contribution in [0.1, 0.15) is 34.3 Å². The number of carbonyl (C=O) groups excluding carboxylic acids is 3. The van der Waals surface area contributed by atoms with E-state index < -0.39 is 6.04 Å². The van der Waals surface area contributed by atoms with E-state index in [1.807, 2.05) is 103 Å². The van der Waals surface area contributed by atoms with Crippen LogP contribution in [0.2, 0.25) is 5.02 Å². The van der Waals surface area contributed by atoms with Gasteiger partial charge in [-0.05, 0) is 86.8 Å². The Bertz CT molecular complexity index is 1680. The molecule has 2 aliphatic rings. The second-order valence-corrected chi connectivity index (χ2v) is 13.0. The van der Waals surface area contributed by atoms with E-state index in [1.165, 1.54) is 0 Å². The van der Waals surface area contributed by atoms with Crippen molar-refractivity contribution in [3.05, 3.63) is 101 Å². The van der Waals surface area contributed by atoms with Crippen LogP contribution in [-0.4, -0.2) is 78.8 Å². The molecule has 0 saturated carbocycles. The summed E-state index contributed by atoms with van der Waals surface area (Å²) in [6.45, 7) is 2.39. The number of benzene rings is 3. The van der Waals surface area contributed by atoms with Gasteiger partial charge in [-0.15, -0.1) is 0 Å². The normalized spacial score (nSPS) is 17.7. The van der Waals surface area contributed by atoms with E-state index in [1.54, 1.807) is 0 Å². The maximum absolute atomic E-state index is 14.6. The van der Waals surface area contributed by atoms with Crippen molar-refractivity contribution < 1.29 is 14.4 Å². The number of aromatic nitrogens is 1. The Morgan fingerprint density at radius 2 is 1.73 bits per heavy atom. The molecule has 0 unspecified atom stereocenters. The van der Waals surface area contributed by atoms with Crippen molar-refractivity contribution >= 4 is 45.9 Å². The van der Waals surface area contributed by atoms with Crippen molar-refractivity contribution in [3.63, 3.8) is 0 Å². The highest BCUT2D eigenvalue weighted by atomic mass is 35.5. The molecule has 0 spiro atoms. The number of para-hydroxylation sites is 1. The number of piperidine rings is 1.